The SMILES string of the molecule is CCN(C(C)C)S(=O)(=O)c1ccc(Br)c(F)c1. The van der Waals surface area contributed by atoms with Gasteiger partial charge in [-0.1, -0.05) is 6.92 Å². The second-order valence-electron chi connectivity index (χ2n) is 3.88. The fourth-order valence-corrected chi connectivity index (χ4v) is 3.49. The van der Waals surface area contributed by atoms with Crippen molar-refractivity contribution < 1.29 is 12.8 Å². The zero-order chi connectivity index (χ0) is 13.2. The minimum atomic E-state index is -3.62. The van der Waals surface area contributed by atoms with Gasteiger partial charge >= 0.3 is 0 Å². The van der Waals surface area contributed by atoms with Gasteiger partial charge in [0.05, 0.1) is 9.37 Å². The lowest BCUT2D eigenvalue weighted by Gasteiger charge is -2.24. The summed E-state index contributed by atoms with van der Waals surface area (Å²) in [6.07, 6.45) is 0. The topological polar surface area (TPSA) is 37.4 Å². The number of hydrogen-bond donors (Lipinski definition) is 0. The average molecular weight is 324 g/mol. The molecule has 0 fully saturated rings. The maximum atomic E-state index is 13.3. The molecule has 0 radical (unpaired) electrons. The van der Waals surface area contributed by atoms with Crippen LogP contribution in [0.15, 0.2) is 27.6 Å². The highest BCUT2D eigenvalue weighted by Crippen LogP contribution is 2.23. The van der Waals surface area contributed by atoms with Crippen molar-refractivity contribution in [1.29, 1.82) is 0 Å². The van der Waals surface area contributed by atoms with Crippen LogP contribution in [0.3, 0.4) is 0 Å². The van der Waals surface area contributed by atoms with E-state index >= 15 is 0 Å². The Morgan fingerprint density at radius 1 is 1.41 bits per heavy atom. The van der Waals surface area contributed by atoms with E-state index in [1.54, 1.807) is 20.8 Å². The summed E-state index contributed by atoms with van der Waals surface area (Å²) in [6.45, 7) is 5.69. The summed E-state index contributed by atoms with van der Waals surface area (Å²) in [6, 6.07) is 3.67. The average Bonchev–Trinajstić information content (AvgIpc) is 2.21. The van der Waals surface area contributed by atoms with Crippen LogP contribution in [0, 0.1) is 5.82 Å². The third kappa shape index (κ3) is 3.05. The van der Waals surface area contributed by atoms with E-state index < -0.39 is 15.8 Å². The first-order chi connectivity index (χ1) is 7.80. The normalized spacial score (nSPS) is 12.4. The van der Waals surface area contributed by atoms with E-state index in [1.807, 2.05) is 0 Å². The van der Waals surface area contributed by atoms with E-state index in [-0.39, 0.29) is 15.4 Å². The molecule has 0 saturated heterocycles. The van der Waals surface area contributed by atoms with Gasteiger partial charge in [0.25, 0.3) is 0 Å². The minimum Gasteiger partial charge on any atom is -0.207 e. The predicted octanol–water partition coefficient (Wildman–Crippen LogP) is 3.01. The Morgan fingerprint density at radius 3 is 2.41 bits per heavy atom. The monoisotopic (exact) mass is 323 g/mol. The molecule has 1 aromatic carbocycles. The molecule has 0 heterocycles. The molecule has 3 nitrogen and oxygen atoms in total. The second-order valence-corrected chi connectivity index (χ2v) is 6.62. The predicted molar refractivity (Wildman–Crippen MR) is 68.8 cm³/mol. The number of hydrogen-bond acceptors (Lipinski definition) is 2. The van der Waals surface area contributed by atoms with Crippen molar-refractivity contribution in [2.24, 2.45) is 0 Å². The van der Waals surface area contributed by atoms with Gasteiger partial charge in [-0.3, -0.25) is 0 Å². The molecule has 0 saturated carbocycles. The van der Waals surface area contributed by atoms with Gasteiger partial charge in [0, 0.05) is 12.6 Å². The van der Waals surface area contributed by atoms with E-state index in [2.05, 4.69) is 15.9 Å². The summed E-state index contributed by atoms with van der Waals surface area (Å²) in [5, 5.41) is 0. The Labute approximate surface area is 110 Å². The molecule has 17 heavy (non-hydrogen) atoms. The van der Waals surface area contributed by atoms with Crippen LogP contribution < -0.4 is 0 Å². The highest BCUT2D eigenvalue weighted by Gasteiger charge is 2.25. The summed E-state index contributed by atoms with van der Waals surface area (Å²) in [7, 11) is -3.62. The van der Waals surface area contributed by atoms with Crippen LogP contribution in [0.5, 0.6) is 0 Å². The third-order valence-corrected chi connectivity index (χ3v) is 5.18. The second kappa shape index (κ2) is 5.46. The smallest absolute Gasteiger partial charge is 0.207 e. The molecule has 6 heteroatoms. The molecule has 0 atom stereocenters. The van der Waals surface area contributed by atoms with Crippen LogP contribution in [-0.4, -0.2) is 25.3 Å². The van der Waals surface area contributed by atoms with Crippen LogP contribution in [0.2, 0.25) is 0 Å². The fourth-order valence-electron chi connectivity index (χ4n) is 1.59. The molecule has 0 aliphatic heterocycles. The highest BCUT2D eigenvalue weighted by molar-refractivity contribution is 9.10. The summed E-state index contributed by atoms with van der Waals surface area (Å²) in [4.78, 5) is -0.0197. The third-order valence-electron chi connectivity index (χ3n) is 2.39. The van der Waals surface area contributed by atoms with Crippen molar-refractivity contribution in [3.63, 3.8) is 0 Å². The van der Waals surface area contributed by atoms with Crippen molar-refractivity contribution >= 4 is 26.0 Å². The molecule has 0 unspecified atom stereocenters. The number of rotatable bonds is 4. The van der Waals surface area contributed by atoms with E-state index in [0.717, 1.165) is 6.07 Å². The Balaban J connectivity index is 3.25. The first kappa shape index (κ1) is 14.6. The summed E-state index contributed by atoms with van der Waals surface area (Å²) < 4.78 is 39.4. The Kier molecular flexibility index (Phi) is 4.69. The van der Waals surface area contributed by atoms with Crippen LogP contribution >= 0.6 is 15.9 Å². The molecular formula is C11H15BrFNO2S. The van der Waals surface area contributed by atoms with E-state index in [0.29, 0.717) is 6.54 Å². The molecule has 1 aromatic rings. The highest BCUT2D eigenvalue weighted by atomic mass is 79.9. The zero-order valence-corrected chi connectivity index (χ0v) is 12.3. The van der Waals surface area contributed by atoms with Crippen LogP contribution in [0.4, 0.5) is 4.39 Å². The van der Waals surface area contributed by atoms with Crippen molar-refractivity contribution in [1.82, 2.24) is 4.31 Å². The molecule has 0 bridgehead atoms. The van der Waals surface area contributed by atoms with Gasteiger partial charge in [0.15, 0.2) is 0 Å². The van der Waals surface area contributed by atoms with Gasteiger partial charge in [0.2, 0.25) is 10.0 Å². The standard InChI is InChI=1S/C11H15BrFNO2S/c1-4-14(8(2)3)17(15,16)9-5-6-10(12)11(13)7-9/h5-8H,4H2,1-3H3. The van der Waals surface area contributed by atoms with Crippen molar-refractivity contribution in [3.05, 3.63) is 28.5 Å². The van der Waals surface area contributed by atoms with Gasteiger partial charge in [-0.15, -0.1) is 0 Å². The van der Waals surface area contributed by atoms with Crippen molar-refractivity contribution in [2.75, 3.05) is 6.54 Å². The quantitative estimate of drug-likeness (QED) is 0.854. The minimum absolute atomic E-state index is 0.0197. The fraction of sp³-hybridized carbons (Fsp3) is 0.455. The molecule has 0 aliphatic carbocycles. The summed E-state index contributed by atoms with van der Waals surface area (Å²) in [5.74, 6) is -0.578. The number of sulfonamides is 1. The van der Waals surface area contributed by atoms with Crippen molar-refractivity contribution in [3.8, 4) is 0 Å². The number of nitrogens with zero attached hydrogens (tertiary/aromatic N) is 1. The van der Waals surface area contributed by atoms with Gasteiger partial charge in [-0.25, -0.2) is 12.8 Å². The van der Waals surface area contributed by atoms with E-state index in [1.165, 1.54) is 16.4 Å². The van der Waals surface area contributed by atoms with Crippen LogP contribution in [0.25, 0.3) is 0 Å². The lowest BCUT2D eigenvalue weighted by molar-refractivity contribution is 0.369. The first-order valence-corrected chi connectivity index (χ1v) is 7.51. The number of benzene rings is 1. The maximum Gasteiger partial charge on any atom is 0.243 e. The molecule has 0 amide bonds. The Bertz CT molecular complexity index is 502. The Morgan fingerprint density at radius 2 is 2.00 bits per heavy atom. The van der Waals surface area contributed by atoms with Gasteiger partial charge < -0.3 is 0 Å². The van der Waals surface area contributed by atoms with Gasteiger partial charge in [-0.05, 0) is 48.0 Å². The van der Waals surface area contributed by atoms with Gasteiger partial charge in [-0.2, -0.15) is 4.31 Å². The van der Waals surface area contributed by atoms with E-state index in [9.17, 15) is 12.8 Å². The Hall–Kier alpha value is -0.460. The summed E-state index contributed by atoms with van der Waals surface area (Å²) in [5.41, 5.74) is 0. The molecule has 1 rings (SSSR count). The van der Waals surface area contributed by atoms with Gasteiger partial charge in [0.1, 0.15) is 5.82 Å². The molecule has 0 aliphatic rings. The summed E-state index contributed by atoms with van der Waals surface area (Å²) >= 11 is 3.00. The lowest BCUT2D eigenvalue weighted by atomic mass is 10.3. The first-order valence-electron chi connectivity index (χ1n) is 5.27. The van der Waals surface area contributed by atoms with E-state index in [4.69, 9.17) is 0 Å². The lowest BCUT2D eigenvalue weighted by Crippen LogP contribution is -2.36. The molecule has 0 spiro atoms. The van der Waals surface area contributed by atoms with Crippen LogP contribution in [0.1, 0.15) is 20.8 Å². The van der Waals surface area contributed by atoms with Crippen LogP contribution in [-0.2, 0) is 10.0 Å². The van der Waals surface area contributed by atoms with Crippen molar-refractivity contribution in [2.45, 2.75) is 31.7 Å². The maximum absolute atomic E-state index is 13.3. The largest absolute Gasteiger partial charge is 0.243 e. The molecule has 96 valence electrons. The molecule has 0 aromatic heterocycles. The molecule has 0 N–H and O–H groups in total. The molecular weight excluding hydrogens is 309 g/mol. The number of halogens is 2. The zero-order valence-electron chi connectivity index (χ0n) is 9.94.